The summed E-state index contributed by atoms with van der Waals surface area (Å²) in [6, 6.07) is 13.5. The number of nitrogens with zero attached hydrogens (tertiary/aromatic N) is 1. The van der Waals surface area contributed by atoms with Gasteiger partial charge in [-0.05, 0) is 43.2 Å². The Morgan fingerprint density at radius 1 is 1.35 bits per heavy atom. The van der Waals surface area contributed by atoms with Gasteiger partial charge < -0.3 is 14.7 Å². The summed E-state index contributed by atoms with van der Waals surface area (Å²) < 4.78 is 6.51. The molecule has 4 nitrogen and oxygen atoms in total. The highest BCUT2D eigenvalue weighted by molar-refractivity contribution is 9.10. The SMILES string of the molecule is C[C@H]1Cc2ccccc2N1C(=O)COc1ccc(Br)cc1CO. The monoisotopic (exact) mass is 375 g/mol. The number of para-hydroxylation sites is 1. The fraction of sp³-hybridized carbons (Fsp3) is 0.278. The molecule has 0 fully saturated rings. The first kappa shape index (κ1) is 16.0. The highest BCUT2D eigenvalue weighted by Crippen LogP contribution is 2.32. The first-order valence-corrected chi connectivity index (χ1v) is 8.31. The van der Waals surface area contributed by atoms with Crippen molar-refractivity contribution in [1.82, 2.24) is 0 Å². The third-order valence-electron chi connectivity index (χ3n) is 4.02. The molecule has 0 radical (unpaired) electrons. The minimum atomic E-state index is -0.133. The maximum absolute atomic E-state index is 12.6. The van der Waals surface area contributed by atoms with Gasteiger partial charge in [0.15, 0.2) is 6.61 Å². The van der Waals surface area contributed by atoms with Gasteiger partial charge in [0, 0.05) is 21.8 Å². The molecule has 1 aliphatic rings. The Morgan fingerprint density at radius 2 is 2.13 bits per heavy atom. The van der Waals surface area contributed by atoms with Gasteiger partial charge in [-0.15, -0.1) is 0 Å². The van der Waals surface area contributed by atoms with Gasteiger partial charge in [-0.3, -0.25) is 4.79 Å². The Hall–Kier alpha value is -1.85. The first-order valence-electron chi connectivity index (χ1n) is 7.52. The Morgan fingerprint density at radius 3 is 2.91 bits per heavy atom. The van der Waals surface area contributed by atoms with E-state index in [1.165, 1.54) is 5.56 Å². The largest absolute Gasteiger partial charge is 0.483 e. The Labute approximate surface area is 143 Å². The minimum Gasteiger partial charge on any atom is -0.483 e. The lowest BCUT2D eigenvalue weighted by molar-refractivity contribution is -0.120. The van der Waals surface area contributed by atoms with Crippen LogP contribution in [0, 0.1) is 0 Å². The first-order chi connectivity index (χ1) is 11.1. The highest BCUT2D eigenvalue weighted by Gasteiger charge is 2.30. The number of halogens is 1. The lowest BCUT2D eigenvalue weighted by atomic mass is 10.1. The molecule has 0 spiro atoms. The summed E-state index contributed by atoms with van der Waals surface area (Å²) in [5.41, 5.74) is 2.81. The number of hydrogen-bond donors (Lipinski definition) is 1. The van der Waals surface area contributed by atoms with Crippen LogP contribution in [0.15, 0.2) is 46.9 Å². The van der Waals surface area contributed by atoms with Gasteiger partial charge in [-0.2, -0.15) is 0 Å². The molecule has 0 aliphatic carbocycles. The average molecular weight is 376 g/mol. The lowest BCUT2D eigenvalue weighted by Gasteiger charge is -2.23. The number of ether oxygens (including phenoxy) is 1. The van der Waals surface area contributed by atoms with Crippen molar-refractivity contribution < 1.29 is 14.6 Å². The minimum absolute atomic E-state index is 0.0483. The van der Waals surface area contributed by atoms with Crippen LogP contribution in [-0.2, 0) is 17.8 Å². The molecule has 23 heavy (non-hydrogen) atoms. The van der Waals surface area contributed by atoms with E-state index in [-0.39, 0.29) is 25.2 Å². The molecule has 1 amide bonds. The van der Waals surface area contributed by atoms with E-state index in [9.17, 15) is 9.90 Å². The number of carbonyl (C=O) groups is 1. The Balaban J connectivity index is 1.73. The van der Waals surface area contributed by atoms with E-state index in [0.717, 1.165) is 16.6 Å². The number of anilines is 1. The summed E-state index contributed by atoms with van der Waals surface area (Å²) in [4.78, 5) is 14.4. The summed E-state index contributed by atoms with van der Waals surface area (Å²) in [6.45, 7) is 1.86. The van der Waals surface area contributed by atoms with Crippen molar-refractivity contribution in [3.05, 3.63) is 58.1 Å². The third kappa shape index (κ3) is 3.26. The topological polar surface area (TPSA) is 49.8 Å². The second-order valence-corrected chi connectivity index (χ2v) is 6.56. The number of carbonyl (C=O) groups excluding carboxylic acids is 1. The van der Waals surface area contributed by atoms with E-state index < -0.39 is 0 Å². The molecule has 5 heteroatoms. The maximum Gasteiger partial charge on any atom is 0.265 e. The van der Waals surface area contributed by atoms with Crippen LogP contribution in [0.3, 0.4) is 0 Å². The number of hydrogen-bond acceptors (Lipinski definition) is 3. The van der Waals surface area contributed by atoms with Gasteiger partial charge in [-0.1, -0.05) is 34.1 Å². The van der Waals surface area contributed by atoms with Gasteiger partial charge in [0.25, 0.3) is 5.91 Å². The Kier molecular flexibility index (Phi) is 4.68. The molecular weight excluding hydrogens is 358 g/mol. The fourth-order valence-corrected chi connectivity index (χ4v) is 3.38. The van der Waals surface area contributed by atoms with E-state index in [4.69, 9.17) is 4.74 Å². The maximum atomic E-state index is 12.6. The smallest absolute Gasteiger partial charge is 0.265 e. The van der Waals surface area contributed by atoms with E-state index >= 15 is 0 Å². The van der Waals surface area contributed by atoms with Crippen molar-refractivity contribution in [3.8, 4) is 5.75 Å². The number of rotatable bonds is 4. The zero-order chi connectivity index (χ0) is 16.4. The Bertz CT molecular complexity index is 732. The van der Waals surface area contributed by atoms with E-state index in [1.54, 1.807) is 17.0 Å². The molecule has 0 aromatic heterocycles. The molecule has 0 saturated carbocycles. The van der Waals surface area contributed by atoms with Crippen LogP contribution in [-0.4, -0.2) is 23.7 Å². The summed E-state index contributed by atoms with van der Waals surface area (Å²) in [5, 5.41) is 9.40. The second kappa shape index (κ2) is 6.72. The summed E-state index contributed by atoms with van der Waals surface area (Å²) >= 11 is 3.36. The van der Waals surface area contributed by atoms with Gasteiger partial charge in [0.05, 0.1) is 6.61 Å². The van der Waals surface area contributed by atoms with Crippen LogP contribution in [0.4, 0.5) is 5.69 Å². The summed E-state index contributed by atoms with van der Waals surface area (Å²) in [6.07, 6.45) is 0.863. The summed E-state index contributed by atoms with van der Waals surface area (Å²) in [5.74, 6) is 0.457. The molecule has 0 unspecified atom stereocenters. The van der Waals surface area contributed by atoms with E-state index in [0.29, 0.717) is 11.3 Å². The van der Waals surface area contributed by atoms with Crippen LogP contribution in [0.5, 0.6) is 5.75 Å². The van der Waals surface area contributed by atoms with Crippen molar-refractivity contribution in [2.75, 3.05) is 11.5 Å². The third-order valence-corrected chi connectivity index (χ3v) is 4.51. The molecule has 1 atom stereocenters. The molecule has 2 aromatic rings. The van der Waals surface area contributed by atoms with Crippen LogP contribution in [0.25, 0.3) is 0 Å². The van der Waals surface area contributed by atoms with Crippen LogP contribution in [0.2, 0.25) is 0 Å². The normalized spacial score (nSPS) is 16.3. The quantitative estimate of drug-likeness (QED) is 0.891. The van der Waals surface area contributed by atoms with Crippen molar-refractivity contribution in [2.45, 2.75) is 26.0 Å². The highest BCUT2D eigenvalue weighted by atomic mass is 79.9. The summed E-state index contributed by atoms with van der Waals surface area (Å²) in [7, 11) is 0. The van der Waals surface area contributed by atoms with Gasteiger partial charge in [0.2, 0.25) is 0 Å². The predicted octanol–water partition coefficient (Wildman–Crippen LogP) is 3.30. The molecule has 0 bridgehead atoms. The van der Waals surface area contributed by atoms with Gasteiger partial charge in [-0.25, -0.2) is 0 Å². The average Bonchev–Trinajstić information content (AvgIpc) is 2.89. The standard InChI is InChI=1S/C18H18BrNO3/c1-12-8-13-4-2-3-5-16(13)20(12)18(22)11-23-17-7-6-15(19)9-14(17)10-21/h2-7,9,12,21H,8,10-11H2,1H3/t12-/m0/s1. The molecule has 120 valence electrons. The second-order valence-electron chi connectivity index (χ2n) is 5.64. The molecular formula is C18H18BrNO3. The van der Waals surface area contributed by atoms with Crippen molar-refractivity contribution in [1.29, 1.82) is 0 Å². The predicted molar refractivity (Wildman–Crippen MR) is 92.7 cm³/mol. The van der Waals surface area contributed by atoms with Crippen LogP contribution in [0.1, 0.15) is 18.1 Å². The fourth-order valence-electron chi connectivity index (χ4n) is 2.97. The number of fused-ring (bicyclic) bond motifs is 1. The molecule has 1 aliphatic heterocycles. The number of aliphatic hydroxyl groups is 1. The number of amides is 1. The van der Waals surface area contributed by atoms with Crippen LogP contribution < -0.4 is 9.64 Å². The van der Waals surface area contributed by atoms with Crippen LogP contribution >= 0.6 is 15.9 Å². The molecule has 1 N–H and O–H groups in total. The zero-order valence-corrected chi connectivity index (χ0v) is 14.4. The van der Waals surface area contributed by atoms with Crippen molar-refractivity contribution in [3.63, 3.8) is 0 Å². The number of aliphatic hydroxyl groups excluding tert-OH is 1. The number of benzene rings is 2. The lowest BCUT2D eigenvalue weighted by Crippen LogP contribution is -2.39. The van der Waals surface area contributed by atoms with E-state index in [2.05, 4.69) is 22.0 Å². The van der Waals surface area contributed by atoms with E-state index in [1.807, 2.05) is 31.2 Å². The van der Waals surface area contributed by atoms with Gasteiger partial charge in [0.1, 0.15) is 5.75 Å². The van der Waals surface area contributed by atoms with Crippen molar-refractivity contribution >= 4 is 27.5 Å². The van der Waals surface area contributed by atoms with Crippen molar-refractivity contribution in [2.24, 2.45) is 0 Å². The molecule has 1 heterocycles. The molecule has 2 aromatic carbocycles. The molecule has 0 saturated heterocycles. The molecule has 3 rings (SSSR count). The zero-order valence-electron chi connectivity index (χ0n) is 12.8. The van der Waals surface area contributed by atoms with Gasteiger partial charge >= 0.3 is 0 Å².